The fourth-order valence-electron chi connectivity index (χ4n) is 2.78. The zero-order valence-electron chi connectivity index (χ0n) is 17.5. The van der Waals surface area contributed by atoms with E-state index in [0.29, 0.717) is 10.7 Å². The van der Waals surface area contributed by atoms with Crippen molar-refractivity contribution in [3.63, 3.8) is 0 Å². The molecule has 1 aromatic heterocycles. The minimum atomic E-state index is -0.948. The summed E-state index contributed by atoms with van der Waals surface area (Å²) in [6.07, 6.45) is 0.0334. The number of nitrogens with one attached hydrogen (secondary N) is 1. The summed E-state index contributed by atoms with van der Waals surface area (Å²) in [5, 5.41) is 5.08. The standard InChI is InChI=1S/C23H25N3O3S/c1-5-16-9-11-17(12-10-16)20-14-30-23(24-20)25-21(27)15(2)29-22(28)18-7-6-8-19(13-18)26(3)4/h6-15H,5H2,1-4H3,(H,24,25,27)/t15-/m0/s1. The zero-order valence-corrected chi connectivity index (χ0v) is 18.3. The van der Waals surface area contributed by atoms with Gasteiger partial charge in [0, 0.05) is 30.7 Å². The second-order valence-corrected chi connectivity index (χ2v) is 7.93. The number of hydrogen-bond donors (Lipinski definition) is 1. The maximum absolute atomic E-state index is 12.5. The summed E-state index contributed by atoms with van der Waals surface area (Å²) < 4.78 is 5.33. The summed E-state index contributed by atoms with van der Waals surface area (Å²) in [6.45, 7) is 3.65. The Bertz CT molecular complexity index is 1030. The predicted octanol–water partition coefficient (Wildman–Crippen LogP) is 4.62. The number of amides is 1. The topological polar surface area (TPSA) is 71.5 Å². The molecular weight excluding hydrogens is 398 g/mol. The third kappa shape index (κ3) is 5.24. The molecule has 0 unspecified atom stereocenters. The molecule has 7 heteroatoms. The van der Waals surface area contributed by atoms with Crippen LogP contribution in [0.2, 0.25) is 0 Å². The molecule has 0 fully saturated rings. The summed E-state index contributed by atoms with van der Waals surface area (Å²) in [5.74, 6) is -0.966. The number of hydrogen-bond acceptors (Lipinski definition) is 6. The van der Waals surface area contributed by atoms with Crippen LogP contribution in [0.4, 0.5) is 10.8 Å². The molecule has 0 radical (unpaired) electrons. The predicted molar refractivity (Wildman–Crippen MR) is 121 cm³/mol. The second kappa shape index (κ2) is 9.54. The highest BCUT2D eigenvalue weighted by atomic mass is 32.1. The van der Waals surface area contributed by atoms with Crippen LogP contribution in [-0.4, -0.2) is 37.1 Å². The van der Waals surface area contributed by atoms with E-state index in [1.165, 1.54) is 16.9 Å². The molecule has 1 amide bonds. The van der Waals surface area contributed by atoms with Gasteiger partial charge in [-0.2, -0.15) is 0 Å². The smallest absolute Gasteiger partial charge is 0.338 e. The third-order valence-corrected chi connectivity index (χ3v) is 5.40. The van der Waals surface area contributed by atoms with Gasteiger partial charge in [-0.05, 0) is 37.1 Å². The number of esters is 1. The van der Waals surface area contributed by atoms with Crippen LogP contribution in [0.5, 0.6) is 0 Å². The van der Waals surface area contributed by atoms with E-state index in [9.17, 15) is 9.59 Å². The average Bonchev–Trinajstić information content (AvgIpc) is 3.22. The Kier molecular flexibility index (Phi) is 6.84. The Morgan fingerprint density at radius 3 is 2.57 bits per heavy atom. The van der Waals surface area contributed by atoms with Crippen molar-refractivity contribution in [3.05, 3.63) is 65.0 Å². The number of aromatic nitrogens is 1. The Morgan fingerprint density at radius 1 is 1.17 bits per heavy atom. The van der Waals surface area contributed by atoms with Gasteiger partial charge in [-0.25, -0.2) is 9.78 Å². The molecule has 0 aliphatic rings. The van der Waals surface area contributed by atoms with E-state index in [2.05, 4.69) is 29.4 Å². The molecule has 0 saturated carbocycles. The summed E-state index contributed by atoms with van der Waals surface area (Å²) in [6, 6.07) is 15.2. The summed E-state index contributed by atoms with van der Waals surface area (Å²) >= 11 is 1.33. The molecule has 2 aromatic carbocycles. The Balaban J connectivity index is 1.61. The molecule has 0 aliphatic heterocycles. The highest BCUT2D eigenvalue weighted by molar-refractivity contribution is 7.14. The number of benzene rings is 2. The zero-order chi connectivity index (χ0) is 21.7. The maximum atomic E-state index is 12.5. The summed E-state index contributed by atoms with van der Waals surface area (Å²) in [4.78, 5) is 31.2. The van der Waals surface area contributed by atoms with Crippen molar-refractivity contribution < 1.29 is 14.3 Å². The van der Waals surface area contributed by atoms with Gasteiger partial charge in [0.25, 0.3) is 5.91 Å². The van der Waals surface area contributed by atoms with Crippen LogP contribution in [0, 0.1) is 0 Å². The van der Waals surface area contributed by atoms with Crippen molar-refractivity contribution >= 4 is 34.0 Å². The number of thiazole rings is 1. The maximum Gasteiger partial charge on any atom is 0.338 e. The van der Waals surface area contributed by atoms with Gasteiger partial charge in [0.15, 0.2) is 11.2 Å². The molecule has 0 spiro atoms. The molecule has 1 heterocycles. The Hall–Kier alpha value is -3.19. The molecule has 1 atom stereocenters. The van der Waals surface area contributed by atoms with Crippen molar-refractivity contribution in [2.75, 3.05) is 24.3 Å². The van der Waals surface area contributed by atoms with Crippen molar-refractivity contribution in [1.29, 1.82) is 0 Å². The second-order valence-electron chi connectivity index (χ2n) is 7.07. The number of carbonyl (C=O) groups is 2. The minimum absolute atomic E-state index is 0.396. The lowest BCUT2D eigenvalue weighted by atomic mass is 10.1. The van der Waals surface area contributed by atoms with Gasteiger partial charge in [0.1, 0.15) is 0 Å². The molecule has 3 aromatic rings. The molecular formula is C23H25N3O3S. The van der Waals surface area contributed by atoms with Crippen molar-refractivity contribution in [3.8, 4) is 11.3 Å². The largest absolute Gasteiger partial charge is 0.449 e. The number of carbonyl (C=O) groups excluding carboxylic acids is 2. The summed E-state index contributed by atoms with van der Waals surface area (Å²) in [7, 11) is 3.78. The molecule has 6 nitrogen and oxygen atoms in total. The highest BCUT2D eigenvalue weighted by Gasteiger charge is 2.20. The third-order valence-electron chi connectivity index (χ3n) is 4.64. The van der Waals surface area contributed by atoms with E-state index in [1.807, 2.05) is 42.6 Å². The van der Waals surface area contributed by atoms with Crippen LogP contribution in [0.15, 0.2) is 53.9 Å². The van der Waals surface area contributed by atoms with Crippen molar-refractivity contribution in [2.45, 2.75) is 26.4 Å². The Morgan fingerprint density at radius 2 is 1.90 bits per heavy atom. The first-order valence-electron chi connectivity index (χ1n) is 9.71. The number of ether oxygens (including phenoxy) is 1. The molecule has 0 aliphatic carbocycles. The van der Waals surface area contributed by atoms with Gasteiger partial charge in [-0.1, -0.05) is 37.3 Å². The first-order chi connectivity index (χ1) is 14.4. The van der Waals surface area contributed by atoms with Gasteiger partial charge < -0.3 is 9.64 Å². The number of anilines is 2. The van der Waals surface area contributed by atoms with E-state index in [-0.39, 0.29) is 0 Å². The van der Waals surface area contributed by atoms with E-state index < -0.39 is 18.0 Å². The number of rotatable bonds is 7. The van der Waals surface area contributed by atoms with Crippen LogP contribution in [-0.2, 0) is 16.0 Å². The lowest BCUT2D eigenvalue weighted by Crippen LogP contribution is -2.30. The number of aryl methyl sites for hydroxylation is 1. The minimum Gasteiger partial charge on any atom is -0.449 e. The van der Waals surface area contributed by atoms with Crippen LogP contribution in [0.25, 0.3) is 11.3 Å². The highest BCUT2D eigenvalue weighted by Crippen LogP contribution is 2.25. The van der Waals surface area contributed by atoms with Crippen LogP contribution in [0.3, 0.4) is 0 Å². The first kappa shape index (κ1) is 21.5. The van der Waals surface area contributed by atoms with Gasteiger partial charge in [0.05, 0.1) is 11.3 Å². The van der Waals surface area contributed by atoms with Gasteiger partial charge in [-0.15, -0.1) is 11.3 Å². The molecule has 3 rings (SSSR count). The van der Waals surface area contributed by atoms with Crippen LogP contribution >= 0.6 is 11.3 Å². The number of nitrogens with zero attached hydrogens (tertiary/aromatic N) is 2. The fraction of sp³-hybridized carbons (Fsp3) is 0.261. The van der Waals surface area contributed by atoms with E-state index >= 15 is 0 Å². The van der Waals surface area contributed by atoms with E-state index in [0.717, 1.165) is 23.4 Å². The molecule has 0 bridgehead atoms. The monoisotopic (exact) mass is 423 g/mol. The van der Waals surface area contributed by atoms with E-state index in [1.54, 1.807) is 25.1 Å². The molecule has 156 valence electrons. The van der Waals surface area contributed by atoms with Gasteiger partial charge in [0.2, 0.25) is 0 Å². The molecule has 1 N–H and O–H groups in total. The van der Waals surface area contributed by atoms with Crippen LogP contribution < -0.4 is 10.2 Å². The van der Waals surface area contributed by atoms with Gasteiger partial charge in [-0.3, -0.25) is 10.1 Å². The quantitative estimate of drug-likeness (QED) is 0.562. The Labute approximate surface area is 180 Å². The normalized spacial score (nSPS) is 11.6. The van der Waals surface area contributed by atoms with Crippen molar-refractivity contribution in [2.24, 2.45) is 0 Å². The van der Waals surface area contributed by atoms with Crippen molar-refractivity contribution in [1.82, 2.24) is 4.98 Å². The summed E-state index contributed by atoms with van der Waals surface area (Å²) in [5.41, 5.74) is 4.32. The first-order valence-corrected chi connectivity index (χ1v) is 10.6. The fourth-order valence-corrected chi connectivity index (χ4v) is 3.50. The SMILES string of the molecule is CCc1ccc(-c2csc(NC(=O)[C@H](C)OC(=O)c3cccc(N(C)C)c3)n2)cc1. The lowest BCUT2D eigenvalue weighted by Gasteiger charge is -2.15. The average molecular weight is 424 g/mol. The van der Waals surface area contributed by atoms with Crippen LogP contribution in [0.1, 0.15) is 29.8 Å². The lowest BCUT2D eigenvalue weighted by molar-refractivity contribution is -0.123. The van der Waals surface area contributed by atoms with E-state index in [4.69, 9.17) is 4.74 Å². The molecule has 30 heavy (non-hydrogen) atoms. The van der Waals surface area contributed by atoms with Gasteiger partial charge >= 0.3 is 5.97 Å². The molecule has 0 saturated heterocycles.